The van der Waals surface area contributed by atoms with Crippen molar-refractivity contribution in [2.45, 2.75) is 10.9 Å². The van der Waals surface area contributed by atoms with E-state index in [1.54, 1.807) is 11.0 Å². The van der Waals surface area contributed by atoms with Gasteiger partial charge in [0.1, 0.15) is 23.3 Å². The summed E-state index contributed by atoms with van der Waals surface area (Å²) in [6, 6.07) is 17.2. The minimum atomic E-state index is -0.283. The molecule has 2 aromatic carbocycles. The summed E-state index contributed by atoms with van der Waals surface area (Å²) < 4.78 is 7.33. The zero-order chi connectivity index (χ0) is 18.2. The van der Waals surface area contributed by atoms with E-state index >= 15 is 0 Å². The first kappa shape index (κ1) is 15.8. The lowest BCUT2D eigenvalue weighted by Gasteiger charge is -1.99. The maximum atomic E-state index is 12.3. The fourth-order valence-corrected chi connectivity index (χ4v) is 3.54. The van der Waals surface area contributed by atoms with Gasteiger partial charge in [0.15, 0.2) is 0 Å². The number of aromatic amines is 1. The van der Waals surface area contributed by atoms with E-state index in [-0.39, 0.29) is 11.1 Å². The monoisotopic (exact) mass is 375 g/mol. The van der Waals surface area contributed by atoms with Crippen molar-refractivity contribution in [3.05, 3.63) is 77.1 Å². The molecule has 5 aromatic rings. The highest BCUT2D eigenvalue weighted by atomic mass is 32.2. The highest BCUT2D eigenvalue weighted by molar-refractivity contribution is 7.98. The molecule has 0 aliphatic heterocycles. The van der Waals surface area contributed by atoms with Crippen LogP contribution in [-0.2, 0) is 5.75 Å². The number of hydrogen-bond donors (Lipinski definition) is 1. The van der Waals surface area contributed by atoms with Crippen molar-refractivity contribution in [3.8, 4) is 5.69 Å². The predicted octanol–water partition coefficient (Wildman–Crippen LogP) is 3.54. The van der Waals surface area contributed by atoms with Crippen LogP contribution in [0.1, 0.15) is 5.82 Å². The Balaban J connectivity index is 1.43. The smallest absolute Gasteiger partial charge is 0.294 e. The van der Waals surface area contributed by atoms with Crippen molar-refractivity contribution >= 4 is 33.8 Å². The fraction of sp³-hybridized carbons (Fsp3) is 0.0526. The van der Waals surface area contributed by atoms with Gasteiger partial charge in [-0.2, -0.15) is 0 Å². The Morgan fingerprint density at radius 3 is 2.78 bits per heavy atom. The second-order valence-electron chi connectivity index (χ2n) is 5.88. The van der Waals surface area contributed by atoms with Crippen molar-refractivity contribution < 1.29 is 4.42 Å². The van der Waals surface area contributed by atoms with E-state index in [9.17, 15) is 4.79 Å². The molecule has 132 valence electrons. The van der Waals surface area contributed by atoms with E-state index in [0.29, 0.717) is 27.8 Å². The lowest BCUT2D eigenvalue weighted by Crippen LogP contribution is -2.10. The van der Waals surface area contributed by atoms with Gasteiger partial charge < -0.3 is 9.40 Å². The van der Waals surface area contributed by atoms with Gasteiger partial charge in [0.2, 0.25) is 10.7 Å². The summed E-state index contributed by atoms with van der Waals surface area (Å²) in [6.45, 7) is 0. The number of nitrogens with zero attached hydrogens (tertiary/aromatic N) is 4. The van der Waals surface area contributed by atoms with Crippen molar-refractivity contribution in [3.63, 3.8) is 0 Å². The van der Waals surface area contributed by atoms with Crippen molar-refractivity contribution in [2.75, 3.05) is 0 Å². The Morgan fingerprint density at radius 2 is 1.89 bits per heavy atom. The standard InChI is InChI=1S/C19H13N5O2S/c25-18-17-16(13-8-4-5-9-14(13)26-17)21-15(22-18)10-27-19-20-11-24(23-19)12-6-2-1-3-7-12/h1-9,11H,10H2,(H,21,22,25). The Labute approximate surface area is 157 Å². The van der Waals surface area contributed by atoms with Gasteiger partial charge in [0.05, 0.1) is 11.4 Å². The summed E-state index contributed by atoms with van der Waals surface area (Å²) in [5, 5.41) is 5.89. The first-order valence-electron chi connectivity index (χ1n) is 8.28. The molecule has 5 rings (SSSR count). The zero-order valence-electron chi connectivity index (χ0n) is 14.0. The molecule has 0 aliphatic carbocycles. The van der Waals surface area contributed by atoms with Crippen LogP contribution in [0.2, 0.25) is 0 Å². The topological polar surface area (TPSA) is 89.6 Å². The molecule has 27 heavy (non-hydrogen) atoms. The fourth-order valence-electron chi connectivity index (χ4n) is 2.87. The highest BCUT2D eigenvalue weighted by Crippen LogP contribution is 2.25. The molecular formula is C19H13N5O2S. The number of aromatic nitrogens is 5. The van der Waals surface area contributed by atoms with E-state index in [0.717, 1.165) is 11.1 Å². The third-order valence-corrected chi connectivity index (χ3v) is 4.97. The lowest BCUT2D eigenvalue weighted by atomic mass is 10.2. The first-order valence-corrected chi connectivity index (χ1v) is 9.27. The summed E-state index contributed by atoms with van der Waals surface area (Å²) in [5.41, 5.74) is 2.13. The Morgan fingerprint density at radius 1 is 1.07 bits per heavy atom. The maximum Gasteiger partial charge on any atom is 0.294 e. The van der Waals surface area contributed by atoms with E-state index in [4.69, 9.17) is 4.42 Å². The summed E-state index contributed by atoms with van der Waals surface area (Å²) in [4.78, 5) is 24.0. The van der Waals surface area contributed by atoms with Gasteiger partial charge >= 0.3 is 0 Å². The van der Waals surface area contributed by atoms with Gasteiger partial charge in [-0.15, -0.1) is 5.10 Å². The number of nitrogens with one attached hydrogen (secondary N) is 1. The van der Waals surface area contributed by atoms with Crippen LogP contribution in [0.4, 0.5) is 0 Å². The Kier molecular flexibility index (Phi) is 3.75. The van der Waals surface area contributed by atoms with Gasteiger partial charge in [0, 0.05) is 5.39 Å². The van der Waals surface area contributed by atoms with Crippen molar-refractivity contribution in [2.24, 2.45) is 0 Å². The molecule has 1 N–H and O–H groups in total. The molecule has 0 saturated heterocycles. The van der Waals surface area contributed by atoms with Gasteiger partial charge in [-0.1, -0.05) is 42.1 Å². The zero-order valence-corrected chi connectivity index (χ0v) is 14.8. The number of fused-ring (bicyclic) bond motifs is 3. The number of thioether (sulfide) groups is 1. The summed E-state index contributed by atoms with van der Waals surface area (Å²) >= 11 is 1.41. The van der Waals surface area contributed by atoms with Crippen LogP contribution in [0.5, 0.6) is 0 Å². The van der Waals surface area contributed by atoms with E-state index in [1.165, 1.54) is 11.8 Å². The van der Waals surface area contributed by atoms with E-state index in [1.807, 2.05) is 54.6 Å². The number of H-pyrrole nitrogens is 1. The summed E-state index contributed by atoms with van der Waals surface area (Å²) in [7, 11) is 0. The van der Waals surface area contributed by atoms with Crippen LogP contribution in [0.3, 0.4) is 0 Å². The number of rotatable bonds is 4. The molecule has 0 atom stereocenters. The molecule has 0 amide bonds. The Hall–Kier alpha value is -3.39. The Bertz CT molecular complexity index is 1310. The largest absolute Gasteiger partial charge is 0.449 e. The molecular weight excluding hydrogens is 362 g/mol. The summed E-state index contributed by atoms with van der Waals surface area (Å²) in [5.74, 6) is 1.00. The van der Waals surface area contributed by atoms with Crippen molar-refractivity contribution in [1.82, 2.24) is 24.7 Å². The lowest BCUT2D eigenvalue weighted by molar-refractivity contribution is 0.660. The van der Waals surface area contributed by atoms with Gasteiger partial charge in [0.25, 0.3) is 5.56 Å². The van der Waals surface area contributed by atoms with Crippen LogP contribution in [0.15, 0.2) is 75.3 Å². The first-order chi connectivity index (χ1) is 13.3. The average Bonchev–Trinajstić information content (AvgIpc) is 3.32. The molecule has 0 spiro atoms. The molecule has 3 heterocycles. The van der Waals surface area contributed by atoms with Crippen LogP contribution in [0, 0.1) is 0 Å². The minimum absolute atomic E-state index is 0.247. The van der Waals surface area contributed by atoms with Crippen LogP contribution >= 0.6 is 11.8 Å². The second-order valence-corrected chi connectivity index (χ2v) is 6.83. The minimum Gasteiger partial charge on any atom is -0.449 e. The predicted molar refractivity (Wildman–Crippen MR) is 103 cm³/mol. The van der Waals surface area contributed by atoms with Crippen molar-refractivity contribution in [1.29, 1.82) is 0 Å². The van der Waals surface area contributed by atoms with E-state index < -0.39 is 0 Å². The number of furan rings is 1. The maximum absolute atomic E-state index is 12.3. The normalized spacial score (nSPS) is 11.4. The van der Waals surface area contributed by atoms with Gasteiger partial charge in [-0.25, -0.2) is 14.6 Å². The quantitative estimate of drug-likeness (QED) is 0.483. The SMILES string of the molecule is O=c1[nH]c(CSc2ncn(-c3ccccc3)n2)nc2c1oc1ccccc12. The molecule has 0 saturated carbocycles. The van der Waals surface area contributed by atoms with Gasteiger partial charge in [-0.05, 0) is 24.3 Å². The van der Waals surface area contributed by atoms with E-state index in [2.05, 4.69) is 20.1 Å². The third-order valence-electron chi connectivity index (χ3n) is 4.11. The summed E-state index contributed by atoms with van der Waals surface area (Å²) in [6.07, 6.45) is 1.67. The molecule has 0 aliphatic rings. The van der Waals surface area contributed by atoms with Crippen LogP contribution in [0.25, 0.3) is 27.8 Å². The van der Waals surface area contributed by atoms with Crippen LogP contribution in [-0.4, -0.2) is 24.7 Å². The molecule has 0 bridgehead atoms. The second kappa shape index (κ2) is 6.40. The molecule has 8 heteroatoms. The molecule has 0 unspecified atom stereocenters. The number of hydrogen-bond acceptors (Lipinski definition) is 6. The molecule has 7 nitrogen and oxygen atoms in total. The molecule has 3 aromatic heterocycles. The molecule has 0 fully saturated rings. The highest BCUT2D eigenvalue weighted by Gasteiger charge is 2.13. The van der Waals surface area contributed by atoms with Crippen LogP contribution < -0.4 is 5.56 Å². The molecule has 0 radical (unpaired) electrons. The third kappa shape index (κ3) is 2.89. The van der Waals surface area contributed by atoms with Gasteiger partial charge in [-0.3, -0.25) is 4.79 Å². The number of para-hydroxylation sites is 2. The number of benzene rings is 2. The average molecular weight is 375 g/mol.